The Morgan fingerprint density at radius 1 is 0.710 bits per heavy atom. The summed E-state index contributed by atoms with van der Waals surface area (Å²) in [5.74, 6) is -2.34. The average Bonchev–Trinajstić information content (AvgIpc) is 3.05. The molecule has 1 N–H and O–H groups in total. The van der Waals surface area contributed by atoms with Crippen molar-refractivity contribution >= 4 is 23.5 Å². The first-order valence-corrected chi connectivity index (χ1v) is 10.4. The van der Waals surface area contributed by atoms with Crippen molar-refractivity contribution in [2.45, 2.75) is 18.3 Å². The van der Waals surface area contributed by atoms with E-state index >= 15 is 0 Å². The maximum Gasteiger partial charge on any atom is 0.307 e. The van der Waals surface area contributed by atoms with Gasteiger partial charge in [-0.25, -0.2) is 4.90 Å². The normalized spacial score (nSPS) is 25.2. The fourth-order valence-electron chi connectivity index (χ4n) is 5.87. The summed E-state index contributed by atoms with van der Waals surface area (Å²) in [6.45, 7) is 0. The quantitative estimate of drug-likeness (QED) is 0.670. The highest BCUT2D eigenvalue weighted by Gasteiger charge is 2.61. The van der Waals surface area contributed by atoms with Gasteiger partial charge in [-0.05, 0) is 39.9 Å². The Morgan fingerprint density at radius 3 is 1.52 bits per heavy atom. The molecule has 2 amide bonds. The van der Waals surface area contributed by atoms with Gasteiger partial charge in [-0.3, -0.25) is 14.4 Å². The SMILES string of the molecule is O=C(O)Cc1ccc(N2C(=O)C3C4c5ccccc5C(c5ccccc54)C3C2=O)cc1. The molecule has 5 nitrogen and oxygen atoms in total. The van der Waals surface area contributed by atoms with Crippen LogP contribution in [0, 0.1) is 11.8 Å². The zero-order valence-corrected chi connectivity index (χ0v) is 16.6. The van der Waals surface area contributed by atoms with E-state index in [0.717, 1.165) is 22.3 Å². The van der Waals surface area contributed by atoms with Crippen LogP contribution in [0.4, 0.5) is 5.69 Å². The van der Waals surface area contributed by atoms with Crippen LogP contribution in [0.1, 0.15) is 39.7 Å². The van der Waals surface area contributed by atoms with Crippen LogP contribution in [-0.2, 0) is 20.8 Å². The van der Waals surface area contributed by atoms with Gasteiger partial charge in [0.25, 0.3) is 0 Å². The lowest BCUT2D eigenvalue weighted by atomic mass is 9.55. The fourth-order valence-corrected chi connectivity index (χ4v) is 5.87. The minimum absolute atomic E-state index is 0.0950. The van der Waals surface area contributed by atoms with Crippen molar-refractivity contribution in [3.63, 3.8) is 0 Å². The van der Waals surface area contributed by atoms with Gasteiger partial charge >= 0.3 is 5.97 Å². The molecule has 4 aliphatic rings. The summed E-state index contributed by atoms with van der Waals surface area (Å²) in [7, 11) is 0. The number of hydrogen-bond donors (Lipinski definition) is 1. The highest BCUT2D eigenvalue weighted by molar-refractivity contribution is 6.23. The molecule has 152 valence electrons. The third kappa shape index (κ3) is 2.40. The second-order valence-corrected chi connectivity index (χ2v) is 8.51. The predicted molar refractivity (Wildman–Crippen MR) is 114 cm³/mol. The predicted octanol–water partition coefficient (Wildman–Crippen LogP) is 3.71. The molecular formula is C26H19NO4. The van der Waals surface area contributed by atoms with Crippen molar-refractivity contribution in [2.75, 3.05) is 4.90 Å². The molecule has 1 heterocycles. The van der Waals surface area contributed by atoms with Crippen LogP contribution < -0.4 is 4.90 Å². The van der Waals surface area contributed by atoms with Crippen molar-refractivity contribution in [3.8, 4) is 0 Å². The molecule has 1 aliphatic heterocycles. The standard InChI is InChI=1S/C26H19NO4/c28-20(29)13-14-9-11-15(12-10-14)27-25(30)23-21-16-5-1-2-6-17(16)22(24(23)26(27)31)19-8-4-3-7-18(19)21/h1-12,21-24H,13H2,(H,28,29). The van der Waals surface area contributed by atoms with Crippen LogP contribution in [0.2, 0.25) is 0 Å². The molecule has 2 atom stereocenters. The van der Waals surface area contributed by atoms with Crippen molar-refractivity contribution in [2.24, 2.45) is 11.8 Å². The minimum atomic E-state index is -0.917. The first-order valence-electron chi connectivity index (χ1n) is 10.4. The Labute approximate surface area is 178 Å². The molecule has 0 spiro atoms. The van der Waals surface area contributed by atoms with Gasteiger partial charge in [0.05, 0.1) is 23.9 Å². The molecule has 2 bridgehead atoms. The molecular weight excluding hydrogens is 390 g/mol. The maximum absolute atomic E-state index is 13.6. The molecule has 0 saturated carbocycles. The Bertz CT molecular complexity index is 1150. The van der Waals surface area contributed by atoms with E-state index in [-0.39, 0.29) is 30.1 Å². The monoisotopic (exact) mass is 409 g/mol. The lowest BCUT2D eigenvalue weighted by Crippen LogP contribution is -2.41. The number of carboxylic acid groups (broad SMARTS) is 1. The van der Waals surface area contributed by atoms with E-state index < -0.39 is 17.8 Å². The van der Waals surface area contributed by atoms with Crippen LogP contribution in [-0.4, -0.2) is 22.9 Å². The van der Waals surface area contributed by atoms with Crippen molar-refractivity contribution in [3.05, 3.63) is 101 Å². The van der Waals surface area contributed by atoms with Crippen molar-refractivity contribution in [1.82, 2.24) is 0 Å². The number of anilines is 1. The summed E-state index contributed by atoms with van der Waals surface area (Å²) in [6, 6.07) is 23.0. The van der Waals surface area contributed by atoms with E-state index in [4.69, 9.17) is 5.11 Å². The molecule has 0 radical (unpaired) electrons. The number of carboxylic acids is 1. The van der Waals surface area contributed by atoms with Gasteiger partial charge in [0.15, 0.2) is 0 Å². The van der Waals surface area contributed by atoms with Gasteiger partial charge < -0.3 is 5.11 Å². The number of imide groups is 1. The van der Waals surface area contributed by atoms with Gasteiger partial charge in [-0.15, -0.1) is 0 Å². The van der Waals surface area contributed by atoms with E-state index in [1.807, 2.05) is 24.3 Å². The van der Waals surface area contributed by atoms with Crippen LogP contribution in [0.15, 0.2) is 72.8 Å². The number of hydrogen-bond acceptors (Lipinski definition) is 3. The Balaban J connectivity index is 1.46. The number of amides is 2. The molecule has 0 aromatic heterocycles. The summed E-state index contributed by atoms with van der Waals surface area (Å²) in [5, 5.41) is 8.99. The molecule has 1 fully saturated rings. The maximum atomic E-state index is 13.6. The Morgan fingerprint density at radius 2 is 1.13 bits per heavy atom. The molecule has 1 saturated heterocycles. The largest absolute Gasteiger partial charge is 0.481 e. The summed E-state index contributed by atoms with van der Waals surface area (Å²) in [6.07, 6.45) is -0.0950. The number of rotatable bonds is 3. The summed E-state index contributed by atoms with van der Waals surface area (Å²) in [4.78, 5) is 39.5. The topological polar surface area (TPSA) is 74.7 Å². The average molecular weight is 409 g/mol. The number of nitrogens with zero attached hydrogens (tertiary/aromatic N) is 1. The fraction of sp³-hybridized carbons (Fsp3) is 0.192. The zero-order valence-electron chi connectivity index (χ0n) is 16.6. The first-order chi connectivity index (χ1) is 15.1. The highest BCUT2D eigenvalue weighted by atomic mass is 16.4. The van der Waals surface area contributed by atoms with Crippen LogP contribution in [0.3, 0.4) is 0 Å². The first kappa shape index (κ1) is 18.1. The molecule has 3 aromatic rings. The Hall–Kier alpha value is -3.73. The van der Waals surface area contributed by atoms with E-state index in [1.165, 1.54) is 4.90 Å². The molecule has 31 heavy (non-hydrogen) atoms. The third-order valence-corrected chi connectivity index (χ3v) is 7.00. The van der Waals surface area contributed by atoms with Gasteiger partial charge in [0.1, 0.15) is 0 Å². The summed E-state index contributed by atoms with van der Waals surface area (Å²) < 4.78 is 0. The van der Waals surface area contributed by atoms with Gasteiger partial charge in [0.2, 0.25) is 11.8 Å². The number of benzene rings is 3. The van der Waals surface area contributed by atoms with E-state index in [2.05, 4.69) is 24.3 Å². The summed E-state index contributed by atoms with van der Waals surface area (Å²) in [5.41, 5.74) is 5.72. The van der Waals surface area contributed by atoms with E-state index in [0.29, 0.717) is 11.3 Å². The van der Waals surface area contributed by atoms with Crippen molar-refractivity contribution in [1.29, 1.82) is 0 Å². The van der Waals surface area contributed by atoms with Gasteiger partial charge in [-0.1, -0.05) is 60.7 Å². The van der Waals surface area contributed by atoms with Crippen LogP contribution in [0.25, 0.3) is 0 Å². The molecule has 2 unspecified atom stereocenters. The number of carbonyl (C=O) groups excluding carboxylic acids is 2. The second kappa shape index (κ2) is 6.38. The number of carbonyl (C=O) groups is 3. The van der Waals surface area contributed by atoms with Gasteiger partial charge in [0, 0.05) is 11.8 Å². The van der Waals surface area contributed by atoms with Crippen LogP contribution in [0.5, 0.6) is 0 Å². The molecule has 3 aromatic carbocycles. The smallest absolute Gasteiger partial charge is 0.307 e. The minimum Gasteiger partial charge on any atom is -0.481 e. The Kier molecular flexibility index (Phi) is 3.72. The molecule has 3 aliphatic carbocycles. The molecule has 7 rings (SSSR count). The second-order valence-electron chi connectivity index (χ2n) is 8.51. The number of aliphatic carboxylic acids is 1. The van der Waals surface area contributed by atoms with E-state index in [1.54, 1.807) is 24.3 Å². The van der Waals surface area contributed by atoms with E-state index in [9.17, 15) is 14.4 Å². The lowest BCUT2D eigenvalue weighted by Gasteiger charge is -2.45. The third-order valence-electron chi connectivity index (χ3n) is 7.00. The zero-order chi connectivity index (χ0) is 21.3. The lowest BCUT2D eigenvalue weighted by molar-refractivity contribution is -0.136. The van der Waals surface area contributed by atoms with Crippen molar-refractivity contribution < 1.29 is 19.5 Å². The summed E-state index contributed by atoms with van der Waals surface area (Å²) >= 11 is 0. The highest BCUT2D eigenvalue weighted by Crippen LogP contribution is 2.61. The van der Waals surface area contributed by atoms with Crippen LogP contribution >= 0.6 is 0 Å². The molecule has 5 heteroatoms. The van der Waals surface area contributed by atoms with Gasteiger partial charge in [-0.2, -0.15) is 0 Å².